The van der Waals surface area contributed by atoms with E-state index in [1.54, 1.807) is 0 Å². The lowest BCUT2D eigenvalue weighted by Gasteiger charge is -2.27. The molecule has 0 saturated heterocycles. The maximum atomic E-state index is 13.3. The largest absolute Gasteiger partial charge is 0.218 e. The molecule has 0 unspecified atom stereocenters. The van der Waals surface area contributed by atoms with Gasteiger partial charge in [0.25, 0.3) is 0 Å². The molecule has 1 aliphatic carbocycles. The van der Waals surface area contributed by atoms with Crippen LogP contribution in [0.3, 0.4) is 0 Å². The molecule has 1 heterocycles. The number of aromatic nitrogens is 2. The van der Waals surface area contributed by atoms with Crippen molar-refractivity contribution in [3.05, 3.63) is 21.9 Å². The van der Waals surface area contributed by atoms with Gasteiger partial charge < -0.3 is 0 Å². The third kappa shape index (κ3) is 3.12. The van der Waals surface area contributed by atoms with Crippen molar-refractivity contribution in [3.8, 4) is 0 Å². The smallest absolute Gasteiger partial charge is 0.197 e. The normalized spacial score (nSPS) is 24.2. The minimum atomic E-state index is -0.721. The fraction of sp³-hybridized carbons (Fsp3) is 0.692. The van der Waals surface area contributed by atoms with Gasteiger partial charge in [-0.05, 0) is 31.6 Å². The lowest BCUT2D eigenvalue weighted by Crippen LogP contribution is -2.15. The summed E-state index contributed by atoms with van der Waals surface area (Å²) < 4.78 is 13.3. The summed E-state index contributed by atoms with van der Waals surface area (Å²) >= 11 is 11.4. The van der Waals surface area contributed by atoms with Gasteiger partial charge in [0.05, 0.1) is 0 Å². The molecule has 0 atom stereocenters. The molecular weight excluding hydrogens is 274 g/mol. The highest BCUT2D eigenvalue weighted by Gasteiger charge is 2.25. The molecule has 1 aromatic heterocycles. The van der Waals surface area contributed by atoms with Crippen LogP contribution in [0, 0.1) is 11.7 Å². The summed E-state index contributed by atoms with van der Waals surface area (Å²) in [5.74, 6) is 0.967. The molecule has 0 aliphatic heterocycles. The van der Waals surface area contributed by atoms with Gasteiger partial charge in [-0.2, -0.15) is 0 Å². The maximum absolute atomic E-state index is 13.3. The average Bonchev–Trinajstić information content (AvgIpc) is 2.37. The Morgan fingerprint density at radius 2 is 1.67 bits per heavy atom. The van der Waals surface area contributed by atoms with Crippen LogP contribution in [0.2, 0.25) is 10.3 Å². The molecule has 0 amide bonds. The minimum absolute atomic E-state index is 0.166. The zero-order chi connectivity index (χ0) is 13.1. The van der Waals surface area contributed by atoms with Crippen LogP contribution in [0.4, 0.5) is 4.39 Å². The van der Waals surface area contributed by atoms with E-state index in [9.17, 15) is 4.39 Å². The predicted octanol–water partition coefficient (Wildman–Crippen LogP) is 5.00. The van der Waals surface area contributed by atoms with Crippen LogP contribution in [0.25, 0.3) is 0 Å². The van der Waals surface area contributed by atoms with Gasteiger partial charge in [0, 0.05) is 5.92 Å². The second-order valence-corrected chi connectivity index (χ2v) is 5.70. The van der Waals surface area contributed by atoms with E-state index in [1.165, 1.54) is 25.7 Å². The molecule has 5 heteroatoms. The van der Waals surface area contributed by atoms with Crippen molar-refractivity contribution in [1.82, 2.24) is 9.97 Å². The summed E-state index contributed by atoms with van der Waals surface area (Å²) in [7, 11) is 0. The van der Waals surface area contributed by atoms with E-state index in [1.807, 2.05) is 0 Å². The van der Waals surface area contributed by atoms with E-state index < -0.39 is 5.82 Å². The molecule has 0 N–H and O–H groups in total. The van der Waals surface area contributed by atoms with Crippen molar-refractivity contribution >= 4 is 23.2 Å². The molecule has 0 radical (unpaired) electrons. The Balaban J connectivity index is 2.05. The van der Waals surface area contributed by atoms with E-state index in [2.05, 4.69) is 16.9 Å². The van der Waals surface area contributed by atoms with Gasteiger partial charge in [0.15, 0.2) is 16.1 Å². The van der Waals surface area contributed by atoms with Crippen LogP contribution in [-0.2, 0) is 0 Å². The van der Waals surface area contributed by atoms with Crippen molar-refractivity contribution in [2.24, 2.45) is 5.92 Å². The quantitative estimate of drug-likeness (QED) is 0.733. The summed E-state index contributed by atoms with van der Waals surface area (Å²) in [6.07, 6.45) is 6.99. The molecule has 1 aromatic rings. The maximum Gasteiger partial charge on any atom is 0.197 e. The van der Waals surface area contributed by atoms with Gasteiger partial charge in [-0.25, -0.2) is 14.4 Å². The zero-order valence-electron chi connectivity index (χ0n) is 10.4. The van der Waals surface area contributed by atoms with Crippen molar-refractivity contribution in [2.75, 3.05) is 0 Å². The molecule has 2 nitrogen and oxygen atoms in total. The van der Waals surface area contributed by atoms with Crippen LogP contribution < -0.4 is 0 Å². The summed E-state index contributed by atoms with van der Waals surface area (Å²) in [6.45, 7) is 2.22. The number of hydrogen-bond donors (Lipinski definition) is 0. The Morgan fingerprint density at radius 3 is 2.17 bits per heavy atom. The Morgan fingerprint density at radius 1 is 1.11 bits per heavy atom. The molecule has 1 aliphatic rings. The highest BCUT2D eigenvalue weighted by atomic mass is 35.5. The number of rotatable bonds is 3. The second kappa shape index (κ2) is 6.16. The monoisotopic (exact) mass is 290 g/mol. The van der Waals surface area contributed by atoms with Crippen molar-refractivity contribution in [3.63, 3.8) is 0 Å². The number of hydrogen-bond acceptors (Lipinski definition) is 2. The van der Waals surface area contributed by atoms with Crippen LogP contribution in [0.5, 0.6) is 0 Å². The van der Waals surface area contributed by atoms with E-state index in [4.69, 9.17) is 23.2 Å². The van der Waals surface area contributed by atoms with Crippen LogP contribution in [0.15, 0.2) is 0 Å². The van der Waals surface area contributed by atoms with Gasteiger partial charge in [0.2, 0.25) is 0 Å². The fourth-order valence-corrected chi connectivity index (χ4v) is 3.11. The lowest BCUT2D eigenvalue weighted by atomic mass is 9.80. The summed E-state index contributed by atoms with van der Waals surface area (Å²) in [5, 5.41) is -0.332. The Bertz CT molecular complexity index is 394. The van der Waals surface area contributed by atoms with Crippen LogP contribution in [0.1, 0.15) is 57.2 Å². The third-order valence-corrected chi connectivity index (χ3v) is 4.20. The molecule has 2 rings (SSSR count). The molecule has 1 saturated carbocycles. The van der Waals surface area contributed by atoms with E-state index in [0.717, 1.165) is 18.8 Å². The molecule has 100 valence electrons. The summed E-state index contributed by atoms with van der Waals surface area (Å²) in [4.78, 5) is 8.05. The first-order valence-electron chi connectivity index (χ1n) is 6.50. The third-order valence-electron chi connectivity index (χ3n) is 3.70. The van der Waals surface area contributed by atoms with Gasteiger partial charge >= 0.3 is 0 Å². The first-order valence-corrected chi connectivity index (χ1v) is 7.25. The standard InChI is InChI=1S/C13H17Cl2FN2/c1-2-3-8-4-6-9(7-5-8)13-17-11(14)10(16)12(15)18-13/h8-9H,2-7H2,1H3. The fourth-order valence-electron chi connectivity index (χ4n) is 2.71. The number of halogens is 3. The molecular formula is C13H17Cl2FN2. The highest BCUT2D eigenvalue weighted by Crippen LogP contribution is 2.37. The van der Waals surface area contributed by atoms with Crippen LogP contribution >= 0.6 is 23.2 Å². The van der Waals surface area contributed by atoms with Crippen molar-refractivity contribution in [2.45, 2.75) is 51.4 Å². The predicted molar refractivity (Wildman–Crippen MR) is 71.6 cm³/mol. The highest BCUT2D eigenvalue weighted by molar-refractivity contribution is 6.33. The van der Waals surface area contributed by atoms with Gasteiger partial charge in [-0.15, -0.1) is 0 Å². The van der Waals surface area contributed by atoms with Gasteiger partial charge in [-0.3, -0.25) is 0 Å². The number of nitrogens with zero attached hydrogens (tertiary/aromatic N) is 2. The molecule has 0 spiro atoms. The van der Waals surface area contributed by atoms with E-state index >= 15 is 0 Å². The van der Waals surface area contributed by atoms with Crippen molar-refractivity contribution in [1.29, 1.82) is 0 Å². The van der Waals surface area contributed by atoms with E-state index in [-0.39, 0.29) is 16.2 Å². The second-order valence-electron chi connectivity index (χ2n) is 4.98. The zero-order valence-corrected chi connectivity index (χ0v) is 11.9. The van der Waals surface area contributed by atoms with E-state index in [0.29, 0.717) is 5.82 Å². The molecule has 0 bridgehead atoms. The topological polar surface area (TPSA) is 25.8 Å². The SMILES string of the molecule is CCCC1CCC(c2nc(Cl)c(F)c(Cl)n2)CC1. The Labute approximate surface area is 117 Å². The Hall–Kier alpha value is -0.410. The van der Waals surface area contributed by atoms with Crippen LogP contribution in [-0.4, -0.2) is 9.97 Å². The average molecular weight is 291 g/mol. The lowest BCUT2D eigenvalue weighted by molar-refractivity contribution is 0.302. The van der Waals surface area contributed by atoms with Gasteiger partial charge in [-0.1, -0.05) is 43.0 Å². The first kappa shape index (κ1) is 14.0. The first-order chi connectivity index (χ1) is 8.61. The summed E-state index contributed by atoms with van der Waals surface area (Å²) in [6, 6.07) is 0. The molecule has 0 aromatic carbocycles. The minimum Gasteiger partial charge on any atom is -0.218 e. The Kier molecular flexibility index (Phi) is 4.79. The summed E-state index contributed by atoms with van der Waals surface area (Å²) in [5.41, 5.74) is 0. The van der Waals surface area contributed by atoms with Crippen molar-refractivity contribution < 1.29 is 4.39 Å². The molecule has 18 heavy (non-hydrogen) atoms. The molecule has 1 fully saturated rings. The van der Waals surface area contributed by atoms with Gasteiger partial charge in [0.1, 0.15) is 5.82 Å².